The first-order valence-corrected chi connectivity index (χ1v) is 10.8. The topological polar surface area (TPSA) is 54.4 Å². The lowest BCUT2D eigenvalue weighted by Gasteiger charge is -2.37. The molecular weight excluding hydrogens is 404 g/mol. The minimum atomic E-state index is -0.527. The first kappa shape index (κ1) is 21.2. The molecule has 2 aromatic rings. The van der Waals surface area contributed by atoms with Crippen molar-refractivity contribution in [2.75, 3.05) is 57.4 Å². The van der Waals surface area contributed by atoms with Gasteiger partial charge in [-0.05, 0) is 36.8 Å². The van der Waals surface area contributed by atoms with Crippen molar-refractivity contribution in [1.82, 2.24) is 4.90 Å². The molecule has 0 aliphatic carbocycles. The Morgan fingerprint density at radius 3 is 2.70 bits per heavy atom. The number of halogens is 1. The van der Waals surface area contributed by atoms with Crippen LogP contribution in [0.5, 0.6) is 11.5 Å². The number of aliphatic hydroxyl groups excluding tert-OH is 1. The fraction of sp³-hybridized carbons (Fsp3) is 0.478. The normalized spacial score (nSPS) is 20.2. The van der Waals surface area contributed by atoms with Gasteiger partial charge in [-0.15, -0.1) is 0 Å². The van der Waals surface area contributed by atoms with E-state index in [0.29, 0.717) is 19.8 Å². The van der Waals surface area contributed by atoms with Gasteiger partial charge in [0.15, 0.2) is 17.6 Å². The van der Waals surface area contributed by atoms with E-state index in [1.165, 1.54) is 11.3 Å². The van der Waals surface area contributed by atoms with Crippen LogP contribution in [0.1, 0.15) is 5.56 Å². The highest BCUT2D eigenvalue weighted by molar-refractivity contribution is 6.30. The van der Waals surface area contributed by atoms with Gasteiger partial charge in [-0.1, -0.05) is 29.8 Å². The standard InChI is InChI=1S/C23H29ClN2O4/c1-17-6-7-18(24)12-21(17)26-10-8-25(9-11-26)13-19(27)14-28-15-20-16-29-22-4-2-3-5-23(22)30-20/h2-7,12,19-20,27H,8-11,13-16H2,1H3/t19-,20+/m1/s1. The molecule has 1 saturated heterocycles. The first-order chi connectivity index (χ1) is 14.6. The van der Waals surface area contributed by atoms with E-state index in [0.717, 1.165) is 42.7 Å². The van der Waals surface area contributed by atoms with Gasteiger partial charge in [0, 0.05) is 43.4 Å². The number of benzene rings is 2. The average Bonchev–Trinajstić information content (AvgIpc) is 2.76. The number of fused-ring (bicyclic) bond motifs is 1. The summed E-state index contributed by atoms with van der Waals surface area (Å²) in [6.07, 6.45) is -0.683. The lowest BCUT2D eigenvalue weighted by Crippen LogP contribution is -2.49. The van der Waals surface area contributed by atoms with Crippen molar-refractivity contribution in [2.45, 2.75) is 19.1 Å². The highest BCUT2D eigenvalue weighted by Crippen LogP contribution is 2.31. The molecule has 0 unspecified atom stereocenters. The Morgan fingerprint density at radius 2 is 1.90 bits per heavy atom. The lowest BCUT2D eigenvalue weighted by atomic mass is 10.1. The second kappa shape index (κ2) is 9.88. The van der Waals surface area contributed by atoms with E-state index >= 15 is 0 Å². The molecule has 162 valence electrons. The maximum Gasteiger partial charge on any atom is 0.161 e. The molecule has 0 amide bonds. The van der Waals surface area contributed by atoms with Gasteiger partial charge in [-0.3, -0.25) is 4.90 Å². The second-order valence-electron chi connectivity index (χ2n) is 7.91. The van der Waals surface area contributed by atoms with Crippen LogP contribution < -0.4 is 14.4 Å². The summed E-state index contributed by atoms with van der Waals surface area (Å²) in [5, 5.41) is 11.1. The van der Waals surface area contributed by atoms with E-state index in [9.17, 15) is 5.11 Å². The second-order valence-corrected chi connectivity index (χ2v) is 8.34. The van der Waals surface area contributed by atoms with Crippen molar-refractivity contribution < 1.29 is 19.3 Å². The van der Waals surface area contributed by atoms with Crippen LogP contribution in [0.4, 0.5) is 5.69 Å². The van der Waals surface area contributed by atoms with Crippen LogP contribution in [0.25, 0.3) is 0 Å². The highest BCUT2D eigenvalue weighted by atomic mass is 35.5. The molecule has 0 spiro atoms. The molecule has 6 nitrogen and oxygen atoms in total. The molecule has 0 bridgehead atoms. The number of aliphatic hydroxyl groups is 1. The van der Waals surface area contributed by atoms with E-state index in [1.54, 1.807) is 0 Å². The molecule has 2 aliphatic heterocycles. The van der Waals surface area contributed by atoms with Crippen LogP contribution in [-0.4, -0.2) is 74.8 Å². The fourth-order valence-electron chi connectivity index (χ4n) is 3.93. The summed E-state index contributed by atoms with van der Waals surface area (Å²) in [6.45, 7) is 7.49. The number of ether oxygens (including phenoxy) is 3. The van der Waals surface area contributed by atoms with Gasteiger partial charge in [-0.25, -0.2) is 0 Å². The molecule has 2 atom stereocenters. The number of anilines is 1. The van der Waals surface area contributed by atoms with Gasteiger partial charge in [-0.2, -0.15) is 0 Å². The summed E-state index contributed by atoms with van der Waals surface area (Å²) in [5.41, 5.74) is 2.43. The molecule has 0 saturated carbocycles. The zero-order chi connectivity index (χ0) is 20.9. The Morgan fingerprint density at radius 1 is 1.13 bits per heavy atom. The lowest BCUT2D eigenvalue weighted by molar-refractivity contribution is -0.0292. The summed E-state index contributed by atoms with van der Waals surface area (Å²) in [7, 11) is 0. The van der Waals surface area contributed by atoms with Gasteiger partial charge >= 0.3 is 0 Å². The maximum atomic E-state index is 10.4. The van der Waals surface area contributed by atoms with E-state index in [1.807, 2.05) is 36.4 Å². The Bertz CT molecular complexity index is 842. The Hall–Kier alpha value is -1.99. The summed E-state index contributed by atoms with van der Waals surface area (Å²) >= 11 is 6.16. The van der Waals surface area contributed by atoms with Crippen LogP contribution in [0.3, 0.4) is 0 Å². The molecule has 0 radical (unpaired) electrons. The van der Waals surface area contributed by atoms with Crippen LogP contribution >= 0.6 is 11.6 Å². The van der Waals surface area contributed by atoms with Crippen molar-refractivity contribution in [3.05, 3.63) is 53.1 Å². The molecule has 7 heteroatoms. The number of rotatable bonds is 7. The Kier molecular flexibility index (Phi) is 7.00. The van der Waals surface area contributed by atoms with Gasteiger partial charge in [0.05, 0.1) is 19.3 Å². The average molecular weight is 433 g/mol. The number of hydrogen-bond acceptors (Lipinski definition) is 6. The third-order valence-corrected chi connectivity index (χ3v) is 5.77. The van der Waals surface area contributed by atoms with Crippen LogP contribution in [-0.2, 0) is 4.74 Å². The summed E-state index contributed by atoms with van der Waals surface area (Å²) in [5.74, 6) is 1.51. The zero-order valence-corrected chi connectivity index (χ0v) is 18.1. The Labute approximate surface area is 182 Å². The monoisotopic (exact) mass is 432 g/mol. The molecule has 1 fully saturated rings. The molecule has 30 heavy (non-hydrogen) atoms. The minimum absolute atomic E-state index is 0.156. The predicted molar refractivity (Wildman–Crippen MR) is 118 cm³/mol. The van der Waals surface area contributed by atoms with Gasteiger partial charge in [0.2, 0.25) is 0 Å². The molecular formula is C23H29ClN2O4. The van der Waals surface area contributed by atoms with E-state index in [-0.39, 0.29) is 12.7 Å². The first-order valence-electron chi connectivity index (χ1n) is 10.5. The minimum Gasteiger partial charge on any atom is -0.486 e. The number of piperazine rings is 1. The van der Waals surface area contributed by atoms with Crippen molar-refractivity contribution >= 4 is 17.3 Å². The van der Waals surface area contributed by atoms with E-state index < -0.39 is 6.10 Å². The predicted octanol–water partition coefficient (Wildman–Crippen LogP) is 2.99. The number of nitrogens with zero attached hydrogens (tertiary/aromatic N) is 2. The van der Waals surface area contributed by atoms with Gasteiger partial charge in [0.1, 0.15) is 6.61 Å². The smallest absolute Gasteiger partial charge is 0.161 e. The van der Waals surface area contributed by atoms with Gasteiger partial charge in [0.25, 0.3) is 0 Å². The molecule has 4 rings (SSSR count). The Balaban J connectivity index is 1.16. The molecule has 2 aliphatic rings. The summed E-state index contributed by atoms with van der Waals surface area (Å²) < 4.78 is 17.3. The maximum absolute atomic E-state index is 10.4. The quantitative estimate of drug-likeness (QED) is 0.726. The number of aryl methyl sites for hydroxylation is 1. The SMILES string of the molecule is Cc1ccc(Cl)cc1N1CCN(C[C@@H](O)COC[C@H]2COc3ccccc3O2)CC1. The third-order valence-electron chi connectivity index (χ3n) is 5.53. The fourth-order valence-corrected chi connectivity index (χ4v) is 4.09. The molecule has 0 aromatic heterocycles. The zero-order valence-electron chi connectivity index (χ0n) is 17.3. The largest absolute Gasteiger partial charge is 0.486 e. The third kappa shape index (κ3) is 5.38. The summed E-state index contributed by atoms with van der Waals surface area (Å²) in [6, 6.07) is 13.6. The highest BCUT2D eigenvalue weighted by Gasteiger charge is 2.23. The van der Waals surface area contributed by atoms with Crippen LogP contribution in [0.2, 0.25) is 5.02 Å². The van der Waals surface area contributed by atoms with E-state index in [4.69, 9.17) is 25.8 Å². The van der Waals surface area contributed by atoms with Crippen LogP contribution in [0, 0.1) is 6.92 Å². The van der Waals surface area contributed by atoms with Crippen molar-refractivity contribution in [3.8, 4) is 11.5 Å². The number of para-hydroxylation sites is 2. The molecule has 2 heterocycles. The number of β-amino-alcohol motifs (C(OH)–C–C–N with tert-alkyl or cyclic N) is 1. The number of hydrogen-bond donors (Lipinski definition) is 1. The van der Waals surface area contributed by atoms with Crippen molar-refractivity contribution in [2.24, 2.45) is 0 Å². The van der Waals surface area contributed by atoms with E-state index in [2.05, 4.69) is 22.8 Å². The van der Waals surface area contributed by atoms with Crippen LogP contribution in [0.15, 0.2) is 42.5 Å². The summed E-state index contributed by atoms with van der Waals surface area (Å²) in [4.78, 5) is 4.64. The molecule has 2 aromatic carbocycles. The van der Waals surface area contributed by atoms with Gasteiger partial charge < -0.3 is 24.2 Å². The molecule has 1 N–H and O–H groups in total. The van der Waals surface area contributed by atoms with Crippen molar-refractivity contribution in [3.63, 3.8) is 0 Å². The van der Waals surface area contributed by atoms with Crippen molar-refractivity contribution in [1.29, 1.82) is 0 Å².